The van der Waals surface area contributed by atoms with Crippen molar-refractivity contribution < 1.29 is 42.3 Å². The summed E-state index contributed by atoms with van der Waals surface area (Å²) in [7, 11) is -5.75. The Bertz CT molecular complexity index is 1630. The lowest BCUT2D eigenvalue weighted by atomic mass is 10.0. The molecule has 3 N–H and O–H groups in total. The number of carbonyl (C=O) groups is 3. The molecule has 0 saturated carbocycles. The van der Waals surface area contributed by atoms with Crippen LogP contribution in [-0.4, -0.2) is 80.1 Å². The molecule has 5 heterocycles. The molecule has 1 unspecified atom stereocenters. The summed E-state index contributed by atoms with van der Waals surface area (Å²) in [4.78, 5) is 66.7. The molecule has 0 radical (unpaired) electrons. The molecule has 2 aromatic heterocycles. The number of rotatable bonds is 6. The van der Waals surface area contributed by atoms with Crippen molar-refractivity contribution in [1.82, 2.24) is 20.1 Å². The number of amides is 3. The summed E-state index contributed by atoms with van der Waals surface area (Å²) in [6, 6.07) is 6.61. The third kappa shape index (κ3) is 5.77. The number of halogens is 2. The smallest absolute Gasteiger partial charge is 0.370 e. The number of pyridine rings is 1. The minimum Gasteiger partial charge on any atom is -0.370 e. The number of carbonyl (C=O) groups excluding carboxylic acids is 3. The molecule has 1 aromatic carbocycles. The van der Waals surface area contributed by atoms with Crippen LogP contribution in [-0.2, 0) is 24.6 Å². The number of hydrogen-bond acceptors (Lipinski definition) is 7. The normalized spacial score (nSPS) is 24.7. The van der Waals surface area contributed by atoms with Gasteiger partial charge in [-0.05, 0) is 61.8 Å². The highest BCUT2D eigenvalue weighted by molar-refractivity contribution is 7.52. The van der Waals surface area contributed by atoms with Gasteiger partial charge >= 0.3 is 13.3 Å². The molecular formula is C29H31F2N4O7PS. The highest BCUT2D eigenvalue weighted by Crippen LogP contribution is 2.59. The maximum atomic E-state index is 14.2. The summed E-state index contributed by atoms with van der Waals surface area (Å²) < 4.78 is 46.1. The van der Waals surface area contributed by atoms with E-state index in [0.29, 0.717) is 56.5 Å². The lowest BCUT2D eigenvalue weighted by Gasteiger charge is -2.37. The SMILES string of the molecule is O=C(N[C@H]1CCC[C@H]2CC[C@@H](C(=O)N3CCOC(c4cccnc4)C3)N2C1=O)c1cc2cc(C(F)(F)P(=O)(O)O)ccc2s1. The molecule has 6 rings (SSSR count). The van der Waals surface area contributed by atoms with E-state index in [1.807, 2.05) is 12.1 Å². The van der Waals surface area contributed by atoms with Gasteiger partial charge in [-0.15, -0.1) is 11.3 Å². The van der Waals surface area contributed by atoms with Crippen LogP contribution < -0.4 is 5.32 Å². The largest absolute Gasteiger partial charge is 0.399 e. The van der Waals surface area contributed by atoms with Crippen LogP contribution in [0.15, 0.2) is 48.8 Å². The fourth-order valence-electron chi connectivity index (χ4n) is 6.31. The standard InChI is InChI=1S/C29H31F2N4O7PS/c30-29(31,43(39,40)41)19-6-9-24-18(13-19)14-25(44-24)26(36)33-21-5-1-4-20-7-8-22(35(20)27(21)37)28(38)34-11-12-42-23(16-34)17-3-2-10-32-15-17/h2-3,6,9-10,13-15,20-23H,1,4-5,7-8,11-12,16H2,(H,33,36)(H2,39,40,41)/t20-,21-,22-,23?/m0/s1. The van der Waals surface area contributed by atoms with Crippen LogP contribution in [0.2, 0.25) is 0 Å². The van der Waals surface area contributed by atoms with Crippen molar-refractivity contribution in [2.45, 2.75) is 62.0 Å². The zero-order valence-electron chi connectivity index (χ0n) is 23.5. The molecule has 0 spiro atoms. The molecule has 15 heteroatoms. The molecule has 3 saturated heterocycles. The second-order valence-electron chi connectivity index (χ2n) is 11.3. The van der Waals surface area contributed by atoms with E-state index in [2.05, 4.69) is 10.3 Å². The predicted octanol–water partition coefficient (Wildman–Crippen LogP) is 3.77. The first-order valence-corrected chi connectivity index (χ1v) is 16.8. The lowest BCUT2D eigenvalue weighted by molar-refractivity contribution is -0.150. The van der Waals surface area contributed by atoms with Gasteiger partial charge in [-0.1, -0.05) is 12.1 Å². The third-order valence-electron chi connectivity index (χ3n) is 8.56. The maximum absolute atomic E-state index is 14.2. The number of aromatic nitrogens is 1. The maximum Gasteiger partial charge on any atom is 0.399 e. The Kier molecular flexibility index (Phi) is 8.31. The van der Waals surface area contributed by atoms with Gasteiger partial charge in [0.15, 0.2) is 0 Å². The highest BCUT2D eigenvalue weighted by atomic mass is 32.1. The number of nitrogens with zero attached hydrogens (tertiary/aromatic N) is 3. The van der Waals surface area contributed by atoms with Crippen molar-refractivity contribution in [3.8, 4) is 0 Å². The second kappa shape index (κ2) is 11.9. The van der Waals surface area contributed by atoms with Crippen LogP contribution in [0.1, 0.15) is 59.0 Å². The van der Waals surface area contributed by atoms with Crippen molar-refractivity contribution >= 4 is 46.7 Å². The van der Waals surface area contributed by atoms with Gasteiger partial charge in [-0.3, -0.25) is 23.9 Å². The molecule has 3 aliphatic rings. The summed E-state index contributed by atoms with van der Waals surface area (Å²) in [6.45, 7) is 1.12. The lowest BCUT2D eigenvalue weighted by Crippen LogP contribution is -2.56. The Labute approximate surface area is 255 Å². The fraction of sp³-hybridized carbons (Fsp3) is 0.448. The van der Waals surface area contributed by atoms with Gasteiger partial charge in [0.25, 0.3) is 5.91 Å². The number of ether oxygens (including phenoxy) is 1. The van der Waals surface area contributed by atoms with Crippen molar-refractivity contribution in [3.05, 3.63) is 64.8 Å². The molecule has 3 fully saturated rings. The first-order chi connectivity index (χ1) is 20.9. The topological polar surface area (TPSA) is 149 Å². The van der Waals surface area contributed by atoms with Gasteiger partial charge in [0.2, 0.25) is 11.8 Å². The van der Waals surface area contributed by atoms with Crippen LogP contribution in [0.4, 0.5) is 8.78 Å². The van der Waals surface area contributed by atoms with Gasteiger partial charge in [-0.25, -0.2) is 0 Å². The summed E-state index contributed by atoms with van der Waals surface area (Å²) in [5.74, 6) is -1.03. The Morgan fingerprint density at radius 3 is 2.70 bits per heavy atom. The summed E-state index contributed by atoms with van der Waals surface area (Å²) >= 11 is 1.02. The van der Waals surface area contributed by atoms with E-state index in [1.165, 1.54) is 12.1 Å². The Morgan fingerprint density at radius 1 is 1.14 bits per heavy atom. The number of nitrogens with one attached hydrogen (secondary N) is 1. The average Bonchev–Trinajstić information content (AvgIpc) is 3.60. The van der Waals surface area contributed by atoms with Crippen LogP contribution in [0.3, 0.4) is 0 Å². The average molecular weight is 649 g/mol. The monoisotopic (exact) mass is 648 g/mol. The molecule has 4 atom stereocenters. The highest BCUT2D eigenvalue weighted by Gasteiger charge is 2.50. The van der Waals surface area contributed by atoms with E-state index in [-0.39, 0.29) is 34.2 Å². The third-order valence-corrected chi connectivity index (χ3v) is 10.7. The first-order valence-electron chi connectivity index (χ1n) is 14.3. The zero-order valence-corrected chi connectivity index (χ0v) is 25.2. The number of fused-ring (bicyclic) bond motifs is 2. The fourth-order valence-corrected chi connectivity index (χ4v) is 7.73. The molecule has 44 heavy (non-hydrogen) atoms. The Hall–Kier alpha value is -3.29. The van der Waals surface area contributed by atoms with E-state index in [9.17, 15) is 27.7 Å². The first kappa shape index (κ1) is 30.7. The zero-order chi connectivity index (χ0) is 31.2. The van der Waals surface area contributed by atoms with E-state index < -0.39 is 36.8 Å². The predicted molar refractivity (Wildman–Crippen MR) is 156 cm³/mol. The van der Waals surface area contributed by atoms with E-state index >= 15 is 0 Å². The van der Waals surface area contributed by atoms with Crippen LogP contribution in [0, 0.1) is 0 Å². The number of benzene rings is 1. The van der Waals surface area contributed by atoms with E-state index in [1.54, 1.807) is 22.2 Å². The van der Waals surface area contributed by atoms with Gasteiger partial charge in [0, 0.05) is 40.8 Å². The van der Waals surface area contributed by atoms with Crippen molar-refractivity contribution in [2.75, 3.05) is 19.7 Å². The molecular weight excluding hydrogens is 617 g/mol. The molecule has 3 amide bonds. The van der Waals surface area contributed by atoms with E-state index in [4.69, 9.17) is 14.5 Å². The van der Waals surface area contributed by atoms with Crippen molar-refractivity contribution in [3.63, 3.8) is 0 Å². The molecule has 3 aromatic rings. The van der Waals surface area contributed by atoms with Crippen LogP contribution in [0.25, 0.3) is 10.1 Å². The minimum atomic E-state index is -5.75. The van der Waals surface area contributed by atoms with E-state index in [0.717, 1.165) is 29.0 Å². The molecule has 11 nitrogen and oxygen atoms in total. The summed E-state index contributed by atoms with van der Waals surface area (Å²) in [5.41, 5.74) is -4.36. The number of thiophene rings is 1. The quantitative estimate of drug-likeness (QED) is 0.342. The van der Waals surface area contributed by atoms with Gasteiger partial charge in [0.05, 0.1) is 18.0 Å². The van der Waals surface area contributed by atoms with Crippen molar-refractivity contribution in [1.29, 1.82) is 0 Å². The number of alkyl halides is 2. The molecule has 3 aliphatic heterocycles. The van der Waals surface area contributed by atoms with Gasteiger partial charge in [-0.2, -0.15) is 8.78 Å². The van der Waals surface area contributed by atoms with Crippen molar-refractivity contribution in [2.24, 2.45) is 0 Å². The molecule has 0 aliphatic carbocycles. The van der Waals surface area contributed by atoms with Gasteiger partial charge in [0.1, 0.15) is 18.2 Å². The van der Waals surface area contributed by atoms with Gasteiger partial charge < -0.3 is 29.6 Å². The van der Waals surface area contributed by atoms with Crippen LogP contribution >= 0.6 is 18.9 Å². The number of hydrogen-bond donors (Lipinski definition) is 3. The summed E-state index contributed by atoms with van der Waals surface area (Å²) in [5, 5.41) is 3.01. The second-order valence-corrected chi connectivity index (χ2v) is 14.1. The number of morpholine rings is 1. The summed E-state index contributed by atoms with van der Waals surface area (Å²) in [6.07, 6.45) is 6.06. The Balaban J connectivity index is 1.16. The molecule has 234 valence electrons. The van der Waals surface area contributed by atoms with Crippen LogP contribution in [0.5, 0.6) is 0 Å². The minimum absolute atomic E-state index is 0.105. The Morgan fingerprint density at radius 2 is 1.95 bits per heavy atom. The molecule has 0 bridgehead atoms.